The number of alkyl halides is 3. The van der Waals surface area contributed by atoms with Crippen LogP contribution in [0.4, 0.5) is 13.2 Å². The van der Waals surface area contributed by atoms with Gasteiger partial charge < -0.3 is 4.74 Å². The van der Waals surface area contributed by atoms with Crippen LogP contribution in [0.3, 0.4) is 0 Å². The number of benzene rings is 1. The fourth-order valence-corrected chi connectivity index (χ4v) is 3.56. The molecule has 0 spiro atoms. The summed E-state index contributed by atoms with van der Waals surface area (Å²) in [5.41, 5.74) is 3.27. The van der Waals surface area contributed by atoms with Crippen LogP contribution in [0.15, 0.2) is 30.3 Å². The summed E-state index contributed by atoms with van der Waals surface area (Å²) in [7, 11) is 0. The van der Waals surface area contributed by atoms with Crippen LogP contribution in [0.25, 0.3) is 0 Å². The topological polar surface area (TPSA) is 38.2 Å². The maximum absolute atomic E-state index is 12.6. The van der Waals surface area contributed by atoms with E-state index in [9.17, 15) is 13.2 Å². The standard InChI is InChI=1S/C18H17ClF3N3O/c19-17-23-14(9-25-7-11-3-1-2-4-12(11)8-25)6-16(24-17)26-10-13-5-15(13)18(20,21)22/h1-4,6,13,15H,5,7-10H2. The van der Waals surface area contributed by atoms with Crippen molar-refractivity contribution in [3.05, 3.63) is 52.4 Å². The van der Waals surface area contributed by atoms with Gasteiger partial charge >= 0.3 is 6.18 Å². The lowest BCUT2D eigenvalue weighted by atomic mass is 10.1. The molecule has 8 heteroatoms. The molecule has 0 bridgehead atoms. The van der Waals surface area contributed by atoms with Gasteiger partial charge in [-0.2, -0.15) is 18.2 Å². The number of halogens is 4. The van der Waals surface area contributed by atoms with Gasteiger partial charge in [0.25, 0.3) is 0 Å². The van der Waals surface area contributed by atoms with Gasteiger partial charge in [0.1, 0.15) is 0 Å². The van der Waals surface area contributed by atoms with E-state index in [1.807, 2.05) is 12.1 Å². The van der Waals surface area contributed by atoms with Crippen molar-refractivity contribution >= 4 is 11.6 Å². The second kappa shape index (κ2) is 6.70. The smallest absolute Gasteiger partial charge is 0.392 e. The number of rotatable bonds is 5. The molecule has 26 heavy (non-hydrogen) atoms. The van der Waals surface area contributed by atoms with Gasteiger partial charge in [-0.3, -0.25) is 4.90 Å². The van der Waals surface area contributed by atoms with Gasteiger partial charge in [-0.1, -0.05) is 24.3 Å². The summed E-state index contributed by atoms with van der Waals surface area (Å²) < 4.78 is 43.2. The van der Waals surface area contributed by atoms with Crippen LogP contribution >= 0.6 is 11.6 Å². The van der Waals surface area contributed by atoms with E-state index >= 15 is 0 Å². The lowest BCUT2D eigenvalue weighted by Crippen LogP contribution is -2.17. The minimum Gasteiger partial charge on any atom is -0.477 e. The third-order valence-corrected chi connectivity index (χ3v) is 4.98. The summed E-state index contributed by atoms with van der Waals surface area (Å²) in [5.74, 6) is -1.54. The highest BCUT2D eigenvalue weighted by molar-refractivity contribution is 6.28. The van der Waals surface area contributed by atoms with E-state index in [1.165, 1.54) is 11.1 Å². The number of hydrogen-bond donors (Lipinski definition) is 0. The van der Waals surface area contributed by atoms with Crippen molar-refractivity contribution in [3.8, 4) is 5.88 Å². The Morgan fingerprint density at radius 3 is 2.46 bits per heavy atom. The molecule has 1 aliphatic heterocycles. The van der Waals surface area contributed by atoms with E-state index in [-0.39, 0.29) is 24.2 Å². The highest BCUT2D eigenvalue weighted by Gasteiger charge is 2.55. The zero-order chi connectivity index (χ0) is 18.3. The van der Waals surface area contributed by atoms with Gasteiger partial charge in [0.05, 0.1) is 18.2 Å². The minimum atomic E-state index is -4.15. The largest absolute Gasteiger partial charge is 0.477 e. The molecular formula is C18H17ClF3N3O. The lowest BCUT2D eigenvalue weighted by Gasteiger charge is -2.15. The van der Waals surface area contributed by atoms with Crippen molar-refractivity contribution in [2.24, 2.45) is 11.8 Å². The first kappa shape index (κ1) is 17.5. The van der Waals surface area contributed by atoms with Crippen molar-refractivity contribution in [1.82, 2.24) is 14.9 Å². The zero-order valence-electron chi connectivity index (χ0n) is 13.8. The van der Waals surface area contributed by atoms with E-state index in [0.29, 0.717) is 12.2 Å². The molecule has 0 saturated heterocycles. The third-order valence-electron chi connectivity index (χ3n) is 4.81. The van der Waals surface area contributed by atoms with Crippen LogP contribution in [0.1, 0.15) is 23.2 Å². The SMILES string of the molecule is FC(F)(F)C1CC1COc1cc(CN2Cc3ccccc3C2)nc(Cl)n1. The number of fused-ring (bicyclic) bond motifs is 1. The minimum absolute atomic E-state index is 0.00782. The summed E-state index contributed by atoms with van der Waals surface area (Å²) in [6.45, 7) is 2.21. The Morgan fingerprint density at radius 1 is 1.15 bits per heavy atom. The van der Waals surface area contributed by atoms with E-state index in [0.717, 1.165) is 13.1 Å². The summed E-state index contributed by atoms with van der Waals surface area (Å²) in [4.78, 5) is 10.4. The monoisotopic (exact) mass is 383 g/mol. The predicted octanol–water partition coefficient (Wildman–Crippen LogP) is 4.22. The Kier molecular flexibility index (Phi) is 4.52. The quantitative estimate of drug-likeness (QED) is 0.724. The van der Waals surface area contributed by atoms with Crippen LogP contribution in [0.5, 0.6) is 5.88 Å². The number of aromatic nitrogens is 2. The van der Waals surface area contributed by atoms with Gasteiger partial charge in [-0.05, 0) is 29.1 Å². The summed E-state index contributed by atoms with van der Waals surface area (Å²) >= 11 is 5.96. The molecule has 138 valence electrons. The van der Waals surface area contributed by atoms with Crippen LogP contribution in [-0.4, -0.2) is 27.7 Å². The van der Waals surface area contributed by atoms with Crippen LogP contribution in [0.2, 0.25) is 5.28 Å². The van der Waals surface area contributed by atoms with E-state index < -0.39 is 18.0 Å². The van der Waals surface area contributed by atoms with Crippen LogP contribution in [-0.2, 0) is 19.6 Å². The molecule has 1 aliphatic carbocycles. The molecule has 2 aliphatic rings. The Labute approximate surface area is 154 Å². The third kappa shape index (κ3) is 3.94. The number of ether oxygens (including phenoxy) is 1. The van der Waals surface area contributed by atoms with Crippen molar-refractivity contribution in [2.45, 2.75) is 32.2 Å². The Bertz CT molecular complexity index is 790. The maximum atomic E-state index is 12.6. The molecule has 1 fully saturated rings. The zero-order valence-corrected chi connectivity index (χ0v) is 14.6. The molecule has 0 radical (unpaired) electrons. The summed E-state index contributed by atoms with van der Waals surface area (Å²) in [6, 6.07) is 9.89. The van der Waals surface area contributed by atoms with Gasteiger partial charge in [0.2, 0.25) is 11.2 Å². The molecule has 1 aromatic carbocycles. The fraction of sp³-hybridized carbons (Fsp3) is 0.444. The molecule has 1 aromatic heterocycles. The molecule has 4 nitrogen and oxygen atoms in total. The predicted molar refractivity (Wildman–Crippen MR) is 89.6 cm³/mol. The molecule has 1 saturated carbocycles. The highest BCUT2D eigenvalue weighted by atomic mass is 35.5. The highest BCUT2D eigenvalue weighted by Crippen LogP contribution is 2.50. The van der Waals surface area contributed by atoms with E-state index in [1.54, 1.807) is 6.07 Å². The molecule has 2 heterocycles. The average molecular weight is 384 g/mol. The van der Waals surface area contributed by atoms with Gasteiger partial charge in [-0.25, -0.2) is 4.98 Å². The fourth-order valence-electron chi connectivity index (χ4n) is 3.37. The van der Waals surface area contributed by atoms with Crippen LogP contribution in [0, 0.1) is 11.8 Å². The molecule has 2 atom stereocenters. The molecular weight excluding hydrogens is 367 g/mol. The Hall–Kier alpha value is -1.86. The second-order valence-electron chi connectivity index (χ2n) is 6.84. The van der Waals surface area contributed by atoms with Gasteiger partial charge in [-0.15, -0.1) is 0 Å². The second-order valence-corrected chi connectivity index (χ2v) is 7.17. The lowest BCUT2D eigenvalue weighted by molar-refractivity contribution is -0.151. The molecule has 0 N–H and O–H groups in total. The number of nitrogens with zero attached hydrogens (tertiary/aromatic N) is 3. The molecule has 0 amide bonds. The summed E-state index contributed by atoms with van der Waals surface area (Å²) in [5, 5.41) is 0.0392. The Morgan fingerprint density at radius 2 is 1.85 bits per heavy atom. The first-order valence-corrected chi connectivity index (χ1v) is 8.78. The first-order valence-electron chi connectivity index (χ1n) is 8.40. The average Bonchev–Trinajstić information content (AvgIpc) is 3.25. The maximum Gasteiger partial charge on any atom is 0.392 e. The van der Waals surface area contributed by atoms with Crippen molar-refractivity contribution in [1.29, 1.82) is 0 Å². The first-order chi connectivity index (χ1) is 12.4. The van der Waals surface area contributed by atoms with Crippen LogP contribution < -0.4 is 4.74 Å². The summed E-state index contributed by atoms with van der Waals surface area (Å²) in [6.07, 6.45) is -4.03. The molecule has 2 unspecified atom stereocenters. The van der Waals surface area contributed by atoms with E-state index in [2.05, 4.69) is 27.0 Å². The van der Waals surface area contributed by atoms with Crippen molar-refractivity contribution < 1.29 is 17.9 Å². The number of hydrogen-bond acceptors (Lipinski definition) is 4. The van der Waals surface area contributed by atoms with Crippen molar-refractivity contribution in [2.75, 3.05) is 6.61 Å². The Balaban J connectivity index is 1.37. The van der Waals surface area contributed by atoms with Gasteiger partial charge in [0, 0.05) is 31.6 Å². The van der Waals surface area contributed by atoms with E-state index in [4.69, 9.17) is 16.3 Å². The van der Waals surface area contributed by atoms with Gasteiger partial charge in [0.15, 0.2) is 0 Å². The van der Waals surface area contributed by atoms with Crippen molar-refractivity contribution in [3.63, 3.8) is 0 Å². The molecule has 4 rings (SSSR count). The normalized spacial score (nSPS) is 22.3. The molecule has 2 aromatic rings.